The summed E-state index contributed by atoms with van der Waals surface area (Å²) in [6.07, 6.45) is -1.94. The second-order valence-electron chi connectivity index (χ2n) is 10.00. The van der Waals surface area contributed by atoms with Gasteiger partial charge in [0.1, 0.15) is 17.4 Å². The zero-order chi connectivity index (χ0) is 28.9. The zero-order valence-electron chi connectivity index (χ0n) is 21.9. The number of nitrogens with one attached hydrogen (secondary N) is 3. The number of benzene rings is 2. The van der Waals surface area contributed by atoms with Crippen molar-refractivity contribution in [2.75, 3.05) is 25.0 Å². The minimum absolute atomic E-state index is 0.0869. The first kappa shape index (κ1) is 29.1. The molecule has 1 heterocycles. The molecular weight excluding hydrogens is 533 g/mol. The second-order valence-corrected chi connectivity index (χ2v) is 10.00. The van der Waals surface area contributed by atoms with Gasteiger partial charge in [0.2, 0.25) is 0 Å². The molecular formula is C27H31F3N4O6. The van der Waals surface area contributed by atoms with E-state index in [-0.39, 0.29) is 43.6 Å². The molecule has 3 N–H and O–H groups in total. The molecule has 2 aliphatic rings. The van der Waals surface area contributed by atoms with Gasteiger partial charge in [0.15, 0.2) is 0 Å². The van der Waals surface area contributed by atoms with E-state index in [2.05, 4.69) is 16.0 Å². The molecule has 2 aromatic carbocycles. The molecule has 10 nitrogen and oxygen atoms in total. The van der Waals surface area contributed by atoms with Crippen LogP contribution in [0.25, 0.3) is 0 Å². The van der Waals surface area contributed by atoms with E-state index in [1.54, 1.807) is 0 Å². The lowest BCUT2D eigenvalue weighted by atomic mass is 9.92. The molecule has 1 atom stereocenters. The van der Waals surface area contributed by atoms with Crippen LogP contribution < -0.4 is 20.7 Å². The third-order valence-electron chi connectivity index (χ3n) is 6.94. The van der Waals surface area contributed by atoms with Gasteiger partial charge in [-0.1, -0.05) is 17.7 Å². The Morgan fingerprint density at radius 3 is 2.50 bits per heavy atom. The number of ether oxygens (including phenoxy) is 2. The number of nitro benzene ring substituents is 1. The van der Waals surface area contributed by atoms with Gasteiger partial charge in [-0.25, -0.2) is 0 Å². The van der Waals surface area contributed by atoms with E-state index in [9.17, 15) is 32.9 Å². The number of carbonyl (C=O) groups is 2. The van der Waals surface area contributed by atoms with E-state index in [4.69, 9.17) is 9.47 Å². The maximum absolute atomic E-state index is 13.2. The molecule has 0 bridgehead atoms. The SMILES string of the molecule is Cc1ccc2c(c1)CC(CNC(=O)C(=O)NCCOC1CCC(Nc3ccc([N+](=O)[O-])c(C(F)(F)F)c3)CC1)O2. The van der Waals surface area contributed by atoms with Crippen molar-refractivity contribution in [3.8, 4) is 5.75 Å². The molecule has 1 fully saturated rings. The predicted molar refractivity (Wildman–Crippen MR) is 139 cm³/mol. The fraction of sp³-hybridized carbons (Fsp3) is 0.481. The van der Waals surface area contributed by atoms with Gasteiger partial charge in [-0.2, -0.15) is 13.2 Å². The normalized spacial score (nSPS) is 20.2. The summed E-state index contributed by atoms with van der Waals surface area (Å²) in [4.78, 5) is 34.1. The number of nitrogens with zero attached hydrogens (tertiary/aromatic N) is 1. The lowest BCUT2D eigenvalue weighted by Gasteiger charge is -2.30. The van der Waals surface area contributed by atoms with Crippen LogP contribution in [0.3, 0.4) is 0 Å². The van der Waals surface area contributed by atoms with E-state index in [1.807, 2.05) is 25.1 Å². The first-order chi connectivity index (χ1) is 19.0. The van der Waals surface area contributed by atoms with Crippen LogP contribution in [-0.4, -0.2) is 54.7 Å². The van der Waals surface area contributed by atoms with E-state index < -0.39 is 34.2 Å². The molecule has 1 aliphatic carbocycles. The highest BCUT2D eigenvalue weighted by Gasteiger charge is 2.38. The fourth-order valence-corrected chi connectivity index (χ4v) is 4.94. The summed E-state index contributed by atoms with van der Waals surface area (Å²) in [5.74, 6) is -0.718. The van der Waals surface area contributed by atoms with Crippen LogP contribution in [0.2, 0.25) is 0 Å². The minimum Gasteiger partial charge on any atom is -0.488 e. The first-order valence-corrected chi connectivity index (χ1v) is 13.1. The highest BCUT2D eigenvalue weighted by atomic mass is 19.4. The van der Waals surface area contributed by atoms with Crippen LogP contribution in [0.4, 0.5) is 24.5 Å². The van der Waals surface area contributed by atoms with Crippen molar-refractivity contribution in [1.29, 1.82) is 0 Å². The van der Waals surface area contributed by atoms with Crippen LogP contribution in [0, 0.1) is 17.0 Å². The molecule has 1 saturated carbocycles. The summed E-state index contributed by atoms with van der Waals surface area (Å²) in [6.45, 7) is 2.57. The standard InChI is InChI=1S/C27H31F3N4O6/c1-16-2-9-24-17(12-16)13-21(40-24)15-32-26(36)25(35)31-10-11-39-20-6-3-18(4-7-20)33-19-5-8-23(34(37)38)22(14-19)27(28,29)30/h2,5,8-9,12,14,18,20-21,33H,3-4,6-7,10-11,13,15H2,1H3,(H,31,35)(H,32,36). The van der Waals surface area contributed by atoms with E-state index >= 15 is 0 Å². The molecule has 2 aromatic rings. The summed E-state index contributed by atoms with van der Waals surface area (Å²) < 4.78 is 51.2. The molecule has 40 heavy (non-hydrogen) atoms. The lowest BCUT2D eigenvalue weighted by molar-refractivity contribution is -0.388. The Hall–Kier alpha value is -3.87. The summed E-state index contributed by atoms with van der Waals surface area (Å²) in [5.41, 5.74) is 0.102. The van der Waals surface area contributed by atoms with Gasteiger partial charge < -0.3 is 25.4 Å². The molecule has 2 amide bonds. The molecule has 0 spiro atoms. The average molecular weight is 565 g/mol. The van der Waals surface area contributed by atoms with Crippen LogP contribution in [0.1, 0.15) is 42.4 Å². The second kappa shape index (κ2) is 12.5. The Bertz CT molecular complexity index is 1250. The quantitative estimate of drug-likeness (QED) is 0.182. The molecule has 1 aliphatic heterocycles. The Balaban J connectivity index is 1.11. The molecule has 4 rings (SSSR count). The number of amides is 2. The lowest BCUT2D eigenvalue weighted by Crippen LogP contribution is -2.44. The monoisotopic (exact) mass is 564 g/mol. The van der Waals surface area contributed by atoms with Gasteiger partial charge >= 0.3 is 18.0 Å². The largest absolute Gasteiger partial charge is 0.488 e. The summed E-state index contributed by atoms with van der Waals surface area (Å²) in [7, 11) is 0. The number of halogens is 3. The van der Waals surface area contributed by atoms with Gasteiger partial charge in [0.25, 0.3) is 5.69 Å². The number of aryl methyl sites for hydroxylation is 1. The van der Waals surface area contributed by atoms with Gasteiger partial charge in [-0.3, -0.25) is 19.7 Å². The molecule has 216 valence electrons. The molecule has 0 saturated heterocycles. The maximum Gasteiger partial charge on any atom is 0.423 e. The van der Waals surface area contributed by atoms with Crippen LogP contribution >= 0.6 is 0 Å². The maximum atomic E-state index is 13.2. The average Bonchev–Trinajstić information content (AvgIpc) is 3.32. The Labute approximate surface area is 228 Å². The molecule has 0 radical (unpaired) electrons. The third kappa shape index (κ3) is 7.62. The van der Waals surface area contributed by atoms with E-state index in [0.717, 1.165) is 29.0 Å². The van der Waals surface area contributed by atoms with E-state index in [1.165, 1.54) is 6.07 Å². The summed E-state index contributed by atoms with van der Waals surface area (Å²) in [5, 5.41) is 19.1. The third-order valence-corrected chi connectivity index (χ3v) is 6.94. The van der Waals surface area contributed by atoms with Crippen molar-refractivity contribution in [1.82, 2.24) is 10.6 Å². The highest BCUT2D eigenvalue weighted by Crippen LogP contribution is 2.38. The van der Waals surface area contributed by atoms with Crippen LogP contribution in [-0.2, 0) is 26.9 Å². The summed E-state index contributed by atoms with van der Waals surface area (Å²) >= 11 is 0. The Morgan fingerprint density at radius 2 is 1.80 bits per heavy atom. The zero-order valence-corrected chi connectivity index (χ0v) is 21.9. The molecule has 13 heteroatoms. The Morgan fingerprint density at radius 1 is 1.07 bits per heavy atom. The number of carbonyl (C=O) groups excluding carboxylic acids is 2. The number of alkyl halides is 3. The number of hydrogen-bond donors (Lipinski definition) is 3. The summed E-state index contributed by atoms with van der Waals surface area (Å²) in [6, 6.07) is 8.68. The smallest absolute Gasteiger partial charge is 0.423 e. The van der Waals surface area contributed by atoms with E-state index in [0.29, 0.717) is 32.1 Å². The number of fused-ring (bicyclic) bond motifs is 1. The fourth-order valence-electron chi connectivity index (χ4n) is 4.94. The van der Waals surface area contributed by atoms with Crippen LogP contribution in [0.15, 0.2) is 36.4 Å². The minimum atomic E-state index is -4.84. The van der Waals surface area contributed by atoms with Crippen molar-refractivity contribution in [3.05, 3.63) is 63.2 Å². The molecule has 1 unspecified atom stereocenters. The van der Waals surface area contributed by atoms with Gasteiger partial charge in [-0.15, -0.1) is 0 Å². The number of hydrogen-bond acceptors (Lipinski definition) is 7. The van der Waals surface area contributed by atoms with Crippen molar-refractivity contribution in [2.45, 2.75) is 63.5 Å². The Kier molecular flexibility index (Phi) is 9.13. The predicted octanol–water partition coefficient (Wildman–Crippen LogP) is 3.90. The van der Waals surface area contributed by atoms with Gasteiger partial charge in [-0.05, 0) is 56.4 Å². The van der Waals surface area contributed by atoms with Gasteiger partial charge in [0.05, 0.1) is 24.2 Å². The number of rotatable bonds is 9. The van der Waals surface area contributed by atoms with Crippen molar-refractivity contribution >= 4 is 23.2 Å². The van der Waals surface area contributed by atoms with Crippen molar-refractivity contribution in [2.24, 2.45) is 0 Å². The number of nitro groups is 1. The first-order valence-electron chi connectivity index (χ1n) is 13.1. The van der Waals surface area contributed by atoms with Crippen molar-refractivity contribution in [3.63, 3.8) is 0 Å². The number of anilines is 1. The van der Waals surface area contributed by atoms with Crippen LogP contribution in [0.5, 0.6) is 5.75 Å². The van der Waals surface area contributed by atoms with Crippen molar-refractivity contribution < 1.29 is 37.2 Å². The topological polar surface area (TPSA) is 132 Å². The molecule has 0 aromatic heterocycles. The van der Waals surface area contributed by atoms with Gasteiger partial charge in [0, 0.05) is 30.8 Å². The highest BCUT2D eigenvalue weighted by molar-refractivity contribution is 6.35.